The molecule has 0 radical (unpaired) electrons. The fourth-order valence-electron chi connectivity index (χ4n) is 5.01. The van der Waals surface area contributed by atoms with Crippen molar-refractivity contribution in [1.82, 2.24) is 33.9 Å². The van der Waals surface area contributed by atoms with Gasteiger partial charge in [-0.25, -0.2) is 19.3 Å². The van der Waals surface area contributed by atoms with Crippen molar-refractivity contribution in [1.29, 1.82) is 0 Å². The number of rotatable bonds is 4. The van der Waals surface area contributed by atoms with Crippen molar-refractivity contribution >= 4 is 27.6 Å². The van der Waals surface area contributed by atoms with Crippen molar-refractivity contribution in [3.05, 3.63) is 29.5 Å². The predicted molar refractivity (Wildman–Crippen MR) is 134 cm³/mol. The maximum atomic E-state index is 6.08. The number of hydrogen-bond acceptors (Lipinski definition) is 9. The molecular weight excluding hydrogens is 464 g/mol. The lowest BCUT2D eigenvalue weighted by atomic mass is 10.1. The first-order valence-corrected chi connectivity index (χ1v) is 13.0. The summed E-state index contributed by atoms with van der Waals surface area (Å²) in [6.45, 7) is 11.0. The molecular formula is C24H30N8O2S. The van der Waals surface area contributed by atoms with Crippen LogP contribution in [0.3, 0.4) is 0 Å². The monoisotopic (exact) mass is 494 g/mol. The molecule has 0 aliphatic carbocycles. The molecule has 2 aliphatic heterocycles. The zero-order valence-electron chi connectivity index (χ0n) is 20.6. The molecule has 0 bridgehead atoms. The second kappa shape index (κ2) is 8.96. The van der Waals surface area contributed by atoms with Gasteiger partial charge >= 0.3 is 0 Å². The normalized spacial score (nSPS) is 21.2. The first-order chi connectivity index (χ1) is 17.0. The van der Waals surface area contributed by atoms with Crippen LogP contribution in [0.25, 0.3) is 27.3 Å². The van der Waals surface area contributed by atoms with E-state index in [1.807, 2.05) is 30.1 Å². The number of pyridine rings is 1. The molecule has 0 spiro atoms. The second-order valence-electron chi connectivity index (χ2n) is 9.38. The van der Waals surface area contributed by atoms with Gasteiger partial charge in [-0.2, -0.15) is 14.6 Å². The van der Waals surface area contributed by atoms with Gasteiger partial charge in [-0.1, -0.05) is 0 Å². The number of anilines is 1. The minimum atomic E-state index is -0.0775. The smallest absolute Gasteiger partial charge is 0.150 e. The van der Waals surface area contributed by atoms with E-state index < -0.39 is 0 Å². The van der Waals surface area contributed by atoms with Gasteiger partial charge in [0, 0.05) is 19.2 Å². The Bertz CT molecular complexity index is 1370. The van der Waals surface area contributed by atoms with Gasteiger partial charge in [0.1, 0.15) is 33.4 Å². The summed E-state index contributed by atoms with van der Waals surface area (Å²) in [7, 11) is 0. The van der Waals surface area contributed by atoms with Gasteiger partial charge < -0.3 is 14.4 Å². The maximum Gasteiger partial charge on any atom is 0.150 e. The molecule has 184 valence electrons. The summed E-state index contributed by atoms with van der Waals surface area (Å²) in [5.74, 6) is 2.47. The van der Waals surface area contributed by atoms with Gasteiger partial charge in [0.2, 0.25) is 0 Å². The lowest BCUT2D eigenvalue weighted by Crippen LogP contribution is -2.44. The molecule has 4 aromatic rings. The number of aryl methyl sites for hydroxylation is 3. The molecule has 2 fully saturated rings. The Balaban J connectivity index is 1.56. The van der Waals surface area contributed by atoms with Crippen LogP contribution in [0.1, 0.15) is 49.8 Å². The maximum absolute atomic E-state index is 6.08. The summed E-state index contributed by atoms with van der Waals surface area (Å²) in [5, 5.41) is 9.48. The van der Waals surface area contributed by atoms with Crippen LogP contribution in [-0.4, -0.2) is 66.3 Å². The molecule has 1 unspecified atom stereocenters. The molecule has 0 N–H and O–H groups in total. The average molecular weight is 495 g/mol. The fraction of sp³-hybridized carbons (Fsp3) is 0.542. The Hall–Kier alpha value is -2.89. The third-order valence-electron chi connectivity index (χ3n) is 6.69. The summed E-state index contributed by atoms with van der Waals surface area (Å²) in [4.78, 5) is 12.0. The summed E-state index contributed by atoms with van der Waals surface area (Å²) in [5.41, 5.74) is 4.51. The van der Waals surface area contributed by atoms with Crippen molar-refractivity contribution in [3.8, 4) is 17.1 Å². The van der Waals surface area contributed by atoms with E-state index in [4.69, 9.17) is 23.9 Å². The van der Waals surface area contributed by atoms with Crippen LogP contribution in [0, 0.1) is 20.8 Å². The predicted octanol–water partition coefficient (Wildman–Crippen LogP) is 3.98. The van der Waals surface area contributed by atoms with Crippen LogP contribution in [0.2, 0.25) is 0 Å². The highest BCUT2D eigenvalue weighted by atomic mass is 32.1. The summed E-state index contributed by atoms with van der Waals surface area (Å²) < 4.78 is 21.6. The standard InChI is InChI=1S/C24H30N8O2S/c1-14-11-18(32(27-14)21-7-5-6-9-34-21)22-23-24(35-29-22)19(31-17(4)25-16(3)28-31)12-20(26-23)30-8-10-33-13-15(30)2/h11-12,15,21H,5-10,13H2,1-4H3/t15-,21?/m1/s1. The van der Waals surface area contributed by atoms with E-state index in [-0.39, 0.29) is 12.3 Å². The molecule has 2 saturated heterocycles. The minimum Gasteiger partial charge on any atom is -0.377 e. The molecule has 10 nitrogen and oxygen atoms in total. The Morgan fingerprint density at radius 3 is 2.69 bits per heavy atom. The van der Waals surface area contributed by atoms with Gasteiger partial charge in [0.05, 0.1) is 36.3 Å². The summed E-state index contributed by atoms with van der Waals surface area (Å²) >= 11 is 1.44. The van der Waals surface area contributed by atoms with E-state index in [0.29, 0.717) is 13.2 Å². The number of nitrogens with zero attached hydrogens (tertiary/aromatic N) is 8. The molecule has 0 amide bonds. The number of aromatic nitrogens is 7. The Kier molecular flexibility index (Phi) is 5.78. The van der Waals surface area contributed by atoms with Crippen molar-refractivity contribution in [2.75, 3.05) is 31.3 Å². The number of hydrogen-bond donors (Lipinski definition) is 0. The van der Waals surface area contributed by atoms with E-state index >= 15 is 0 Å². The molecule has 6 rings (SSSR count). The van der Waals surface area contributed by atoms with Gasteiger partial charge in [0.15, 0.2) is 6.23 Å². The quantitative estimate of drug-likeness (QED) is 0.420. The lowest BCUT2D eigenvalue weighted by Gasteiger charge is -2.34. The first kappa shape index (κ1) is 22.6. The van der Waals surface area contributed by atoms with Gasteiger partial charge in [-0.15, -0.1) is 0 Å². The first-order valence-electron chi connectivity index (χ1n) is 12.2. The minimum absolute atomic E-state index is 0.0775. The van der Waals surface area contributed by atoms with Crippen LogP contribution in [0.15, 0.2) is 12.1 Å². The van der Waals surface area contributed by atoms with Crippen molar-refractivity contribution in [2.45, 2.75) is 59.2 Å². The topological polar surface area (TPSA) is 96.0 Å². The molecule has 2 atom stereocenters. The molecule has 2 aliphatic rings. The molecule has 35 heavy (non-hydrogen) atoms. The zero-order chi connectivity index (χ0) is 24.1. The van der Waals surface area contributed by atoms with E-state index in [2.05, 4.69) is 34.0 Å². The highest BCUT2D eigenvalue weighted by Crippen LogP contribution is 2.38. The SMILES string of the molecule is Cc1cc(-c2nsc3c(-n4nc(C)nc4C)cc(N4CCOC[C@H]4C)nc23)n(C2CCCCO2)n1. The highest BCUT2D eigenvalue weighted by Gasteiger charge is 2.27. The van der Waals surface area contributed by atoms with Crippen LogP contribution in [-0.2, 0) is 9.47 Å². The largest absolute Gasteiger partial charge is 0.377 e. The third kappa shape index (κ3) is 4.01. The average Bonchev–Trinajstić information content (AvgIpc) is 3.55. The molecule has 0 aromatic carbocycles. The van der Waals surface area contributed by atoms with Crippen molar-refractivity contribution in [2.24, 2.45) is 0 Å². The second-order valence-corrected chi connectivity index (χ2v) is 10.2. The number of fused-ring (bicyclic) bond motifs is 1. The van der Waals surface area contributed by atoms with Crippen LogP contribution >= 0.6 is 11.5 Å². The van der Waals surface area contributed by atoms with Crippen molar-refractivity contribution < 1.29 is 9.47 Å². The molecule has 11 heteroatoms. The fourth-order valence-corrected chi connectivity index (χ4v) is 5.84. The third-order valence-corrected chi connectivity index (χ3v) is 7.55. The summed E-state index contributed by atoms with van der Waals surface area (Å²) in [6, 6.07) is 4.42. The Morgan fingerprint density at radius 1 is 1.06 bits per heavy atom. The number of ether oxygens (including phenoxy) is 2. The highest BCUT2D eigenvalue weighted by molar-refractivity contribution is 7.14. The van der Waals surface area contributed by atoms with Crippen LogP contribution in [0.5, 0.6) is 0 Å². The van der Waals surface area contributed by atoms with Gasteiger partial charge in [0.25, 0.3) is 0 Å². The zero-order valence-corrected chi connectivity index (χ0v) is 21.4. The summed E-state index contributed by atoms with van der Waals surface area (Å²) in [6.07, 6.45) is 3.09. The van der Waals surface area contributed by atoms with Gasteiger partial charge in [-0.3, -0.25) is 0 Å². The van der Waals surface area contributed by atoms with E-state index in [0.717, 1.165) is 82.9 Å². The van der Waals surface area contributed by atoms with E-state index in [1.165, 1.54) is 11.5 Å². The molecule has 4 aromatic heterocycles. The van der Waals surface area contributed by atoms with Crippen LogP contribution in [0.4, 0.5) is 5.82 Å². The lowest BCUT2D eigenvalue weighted by molar-refractivity contribution is -0.0385. The van der Waals surface area contributed by atoms with Crippen molar-refractivity contribution in [3.63, 3.8) is 0 Å². The van der Waals surface area contributed by atoms with E-state index in [1.54, 1.807) is 0 Å². The van der Waals surface area contributed by atoms with Crippen LogP contribution < -0.4 is 4.90 Å². The molecule has 6 heterocycles. The Labute approximate surface area is 208 Å². The van der Waals surface area contributed by atoms with E-state index in [9.17, 15) is 0 Å². The molecule has 0 saturated carbocycles. The Morgan fingerprint density at radius 2 is 1.94 bits per heavy atom. The number of morpholine rings is 1. The van der Waals surface area contributed by atoms with Gasteiger partial charge in [-0.05, 0) is 64.6 Å².